The molecule has 29 heavy (non-hydrogen) atoms. The highest BCUT2D eigenvalue weighted by Gasteiger charge is 2.31. The number of fused-ring (bicyclic) bond motifs is 1. The number of nitrogens with one attached hydrogen (secondary N) is 1. The first-order valence-electron chi connectivity index (χ1n) is 9.76. The third kappa shape index (κ3) is 4.95. The molecule has 0 fully saturated rings. The SMILES string of the molecule is Cn1nc(C(=O)NCc2cccc(CN)c2)c2c1CCN(C(=O)OC(C)(C)C)C2. The number of ether oxygens (including phenoxy) is 1. The van der Waals surface area contributed by atoms with Gasteiger partial charge in [-0.3, -0.25) is 9.48 Å². The Balaban J connectivity index is 1.73. The van der Waals surface area contributed by atoms with Crippen molar-refractivity contribution in [2.75, 3.05) is 6.54 Å². The molecule has 0 spiro atoms. The maximum Gasteiger partial charge on any atom is 0.410 e. The zero-order valence-corrected chi connectivity index (χ0v) is 17.5. The van der Waals surface area contributed by atoms with Gasteiger partial charge in [0.2, 0.25) is 0 Å². The minimum Gasteiger partial charge on any atom is -0.444 e. The van der Waals surface area contributed by atoms with Crippen LogP contribution < -0.4 is 11.1 Å². The van der Waals surface area contributed by atoms with Gasteiger partial charge >= 0.3 is 6.09 Å². The Morgan fingerprint density at radius 3 is 2.69 bits per heavy atom. The van der Waals surface area contributed by atoms with Crippen LogP contribution in [0.4, 0.5) is 4.79 Å². The number of carbonyl (C=O) groups is 2. The second kappa shape index (κ2) is 8.24. The standard InChI is InChI=1S/C21H29N5O3/c1-21(2,3)29-20(28)26-9-8-17-16(13-26)18(24-25(17)4)19(27)23-12-15-7-5-6-14(10-15)11-22/h5-7,10H,8-9,11-13,22H2,1-4H3,(H,23,27). The molecule has 1 aliphatic heterocycles. The molecule has 8 heteroatoms. The second-order valence-corrected chi connectivity index (χ2v) is 8.26. The van der Waals surface area contributed by atoms with Gasteiger partial charge in [-0.25, -0.2) is 4.79 Å². The van der Waals surface area contributed by atoms with Crippen molar-refractivity contribution in [2.24, 2.45) is 12.8 Å². The van der Waals surface area contributed by atoms with E-state index in [1.807, 2.05) is 52.1 Å². The summed E-state index contributed by atoms with van der Waals surface area (Å²) in [4.78, 5) is 26.9. The van der Waals surface area contributed by atoms with E-state index < -0.39 is 5.60 Å². The molecule has 0 atom stereocenters. The number of aryl methyl sites for hydroxylation is 1. The van der Waals surface area contributed by atoms with Gasteiger partial charge in [0, 0.05) is 44.4 Å². The molecule has 3 rings (SSSR count). The highest BCUT2D eigenvalue weighted by atomic mass is 16.6. The van der Waals surface area contributed by atoms with Crippen LogP contribution in [-0.2, 0) is 37.8 Å². The van der Waals surface area contributed by atoms with Gasteiger partial charge in [-0.05, 0) is 31.9 Å². The Kier molecular flexibility index (Phi) is 5.93. The van der Waals surface area contributed by atoms with Gasteiger partial charge in [0.15, 0.2) is 5.69 Å². The number of benzene rings is 1. The molecule has 3 N–H and O–H groups in total. The third-order valence-electron chi connectivity index (χ3n) is 4.79. The molecular weight excluding hydrogens is 370 g/mol. The molecule has 1 aromatic heterocycles. The van der Waals surface area contributed by atoms with Crippen LogP contribution in [0.3, 0.4) is 0 Å². The number of aromatic nitrogens is 2. The fraction of sp³-hybridized carbons (Fsp3) is 0.476. The van der Waals surface area contributed by atoms with E-state index in [-0.39, 0.29) is 12.0 Å². The highest BCUT2D eigenvalue weighted by molar-refractivity contribution is 5.94. The van der Waals surface area contributed by atoms with Crippen LogP contribution >= 0.6 is 0 Å². The molecule has 2 amide bonds. The normalized spacial score (nSPS) is 13.8. The largest absolute Gasteiger partial charge is 0.444 e. The van der Waals surface area contributed by atoms with E-state index in [1.165, 1.54) is 0 Å². The lowest BCUT2D eigenvalue weighted by atomic mass is 10.0. The van der Waals surface area contributed by atoms with Crippen LogP contribution in [0.1, 0.15) is 53.6 Å². The highest BCUT2D eigenvalue weighted by Crippen LogP contribution is 2.24. The summed E-state index contributed by atoms with van der Waals surface area (Å²) in [6, 6.07) is 7.78. The molecule has 0 unspecified atom stereocenters. The average Bonchev–Trinajstić information content (AvgIpc) is 3.01. The lowest BCUT2D eigenvalue weighted by molar-refractivity contribution is 0.0221. The van der Waals surface area contributed by atoms with Gasteiger partial charge in [-0.1, -0.05) is 24.3 Å². The van der Waals surface area contributed by atoms with Crippen molar-refractivity contribution in [1.82, 2.24) is 20.0 Å². The summed E-state index contributed by atoms with van der Waals surface area (Å²) in [5.74, 6) is -0.258. The molecule has 156 valence electrons. The molecule has 0 bridgehead atoms. The summed E-state index contributed by atoms with van der Waals surface area (Å²) >= 11 is 0. The molecule has 2 heterocycles. The monoisotopic (exact) mass is 399 g/mol. The quantitative estimate of drug-likeness (QED) is 0.820. The predicted molar refractivity (Wildman–Crippen MR) is 109 cm³/mol. The van der Waals surface area contributed by atoms with E-state index in [1.54, 1.807) is 9.58 Å². The number of amides is 2. The van der Waals surface area contributed by atoms with Gasteiger partial charge in [-0.15, -0.1) is 0 Å². The zero-order valence-electron chi connectivity index (χ0n) is 17.5. The molecular formula is C21H29N5O3. The van der Waals surface area contributed by atoms with E-state index in [2.05, 4.69) is 10.4 Å². The minimum atomic E-state index is -0.565. The smallest absolute Gasteiger partial charge is 0.410 e. The summed E-state index contributed by atoms with van der Waals surface area (Å²) < 4.78 is 7.20. The molecule has 1 aromatic carbocycles. The molecule has 0 aliphatic carbocycles. The summed E-state index contributed by atoms with van der Waals surface area (Å²) in [6.45, 7) is 7.19. The van der Waals surface area contributed by atoms with Crippen LogP contribution in [0.2, 0.25) is 0 Å². The van der Waals surface area contributed by atoms with E-state index in [4.69, 9.17) is 10.5 Å². The maximum absolute atomic E-state index is 12.8. The van der Waals surface area contributed by atoms with Gasteiger partial charge in [0.25, 0.3) is 5.91 Å². The Hall–Kier alpha value is -2.87. The van der Waals surface area contributed by atoms with Gasteiger partial charge in [-0.2, -0.15) is 5.10 Å². The number of carbonyl (C=O) groups excluding carboxylic acids is 2. The van der Waals surface area contributed by atoms with Crippen molar-refractivity contribution in [2.45, 2.75) is 52.4 Å². The molecule has 1 aliphatic rings. The fourth-order valence-electron chi connectivity index (χ4n) is 3.39. The summed E-state index contributed by atoms with van der Waals surface area (Å²) in [6.07, 6.45) is 0.251. The first kappa shape index (κ1) is 20.9. The van der Waals surface area contributed by atoms with Crippen molar-refractivity contribution >= 4 is 12.0 Å². The van der Waals surface area contributed by atoms with Crippen molar-refractivity contribution in [3.8, 4) is 0 Å². The van der Waals surface area contributed by atoms with Crippen molar-refractivity contribution in [1.29, 1.82) is 0 Å². The average molecular weight is 399 g/mol. The maximum atomic E-state index is 12.8. The number of nitrogens with two attached hydrogens (primary N) is 1. The minimum absolute atomic E-state index is 0.258. The molecule has 8 nitrogen and oxygen atoms in total. The van der Waals surface area contributed by atoms with E-state index in [0.29, 0.717) is 38.3 Å². The number of hydrogen-bond donors (Lipinski definition) is 2. The van der Waals surface area contributed by atoms with E-state index in [0.717, 1.165) is 22.4 Å². The molecule has 2 aromatic rings. The molecule has 0 saturated heterocycles. The Morgan fingerprint density at radius 2 is 2.00 bits per heavy atom. The topological polar surface area (TPSA) is 102 Å². The van der Waals surface area contributed by atoms with Gasteiger partial charge < -0.3 is 20.7 Å². The predicted octanol–water partition coefficient (Wildman–Crippen LogP) is 2.10. The van der Waals surface area contributed by atoms with Gasteiger partial charge in [0.1, 0.15) is 5.60 Å². The first-order chi connectivity index (χ1) is 13.7. The van der Waals surface area contributed by atoms with E-state index in [9.17, 15) is 9.59 Å². The van der Waals surface area contributed by atoms with Crippen molar-refractivity contribution in [3.63, 3.8) is 0 Å². The van der Waals surface area contributed by atoms with Crippen LogP contribution in [0.5, 0.6) is 0 Å². The van der Waals surface area contributed by atoms with Crippen molar-refractivity contribution in [3.05, 3.63) is 52.3 Å². The molecule has 0 saturated carbocycles. The van der Waals surface area contributed by atoms with Crippen molar-refractivity contribution < 1.29 is 14.3 Å². The zero-order chi connectivity index (χ0) is 21.2. The Bertz CT molecular complexity index is 914. The van der Waals surface area contributed by atoms with Crippen LogP contribution in [0.25, 0.3) is 0 Å². The molecule has 0 radical (unpaired) electrons. The summed E-state index contributed by atoms with van der Waals surface area (Å²) in [5.41, 5.74) is 9.20. The lowest BCUT2D eigenvalue weighted by Crippen LogP contribution is -2.40. The third-order valence-corrected chi connectivity index (χ3v) is 4.79. The first-order valence-corrected chi connectivity index (χ1v) is 9.76. The van der Waals surface area contributed by atoms with E-state index >= 15 is 0 Å². The summed E-state index contributed by atoms with van der Waals surface area (Å²) in [5, 5.41) is 7.33. The van der Waals surface area contributed by atoms with Crippen LogP contribution in [0.15, 0.2) is 24.3 Å². The fourth-order valence-corrected chi connectivity index (χ4v) is 3.39. The number of hydrogen-bond acceptors (Lipinski definition) is 5. The second-order valence-electron chi connectivity index (χ2n) is 8.26. The number of rotatable bonds is 4. The number of nitrogens with zero attached hydrogens (tertiary/aromatic N) is 3. The Morgan fingerprint density at radius 1 is 1.28 bits per heavy atom. The Labute approximate surface area is 171 Å². The van der Waals surface area contributed by atoms with Crippen LogP contribution in [-0.4, -0.2) is 38.8 Å². The summed E-state index contributed by atoms with van der Waals surface area (Å²) in [7, 11) is 1.82. The van der Waals surface area contributed by atoms with Gasteiger partial charge in [0.05, 0.1) is 6.54 Å². The lowest BCUT2D eigenvalue weighted by Gasteiger charge is -2.30. The van der Waals surface area contributed by atoms with Crippen LogP contribution in [0, 0.1) is 0 Å².